The summed E-state index contributed by atoms with van der Waals surface area (Å²) in [5.74, 6) is 0.206. The second-order valence-electron chi connectivity index (χ2n) is 4.84. The van der Waals surface area contributed by atoms with E-state index < -0.39 is 0 Å². The van der Waals surface area contributed by atoms with Gasteiger partial charge in [-0.05, 0) is 44.4 Å². The van der Waals surface area contributed by atoms with E-state index in [-0.39, 0.29) is 11.2 Å². The van der Waals surface area contributed by atoms with Gasteiger partial charge in [-0.3, -0.25) is 4.79 Å². The molecule has 3 nitrogen and oxygen atoms in total. The van der Waals surface area contributed by atoms with Gasteiger partial charge < -0.3 is 10.6 Å². The normalized spacial score (nSPS) is 17.3. The molecule has 1 aliphatic heterocycles. The number of rotatable bonds is 3. The van der Waals surface area contributed by atoms with Crippen molar-refractivity contribution in [1.29, 1.82) is 0 Å². The number of thioether (sulfide) groups is 1. The molecular formula is C14H19ClN2OS. The summed E-state index contributed by atoms with van der Waals surface area (Å²) in [7, 11) is 0. The van der Waals surface area contributed by atoms with Gasteiger partial charge in [-0.15, -0.1) is 11.8 Å². The molecule has 0 aliphatic carbocycles. The lowest BCUT2D eigenvalue weighted by Crippen LogP contribution is -2.40. The highest BCUT2D eigenvalue weighted by Gasteiger charge is 2.23. The fraction of sp³-hybridized carbons (Fsp3) is 0.500. The molecule has 0 saturated carbocycles. The summed E-state index contributed by atoms with van der Waals surface area (Å²) < 4.78 is 0. The first-order valence-electron chi connectivity index (χ1n) is 6.58. The fourth-order valence-corrected chi connectivity index (χ4v) is 3.50. The number of hydrogen-bond donors (Lipinski definition) is 1. The van der Waals surface area contributed by atoms with Crippen molar-refractivity contribution in [2.24, 2.45) is 0 Å². The standard InChI is InChI=1S/C14H19ClN2OS/c1-10(14(18)17-7-3-2-4-8-17)19-13-6-5-11(16)9-12(13)15/h5-6,9-10H,2-4,7-8,16H2,1H3. The van der Waals surface area contributed by atoms with Gasteiger partial charge in [0, 0.05) is 23.7 Å². The SMILES string of the molecule is CC(Sc1ccc(N)cc1Cl)C(=O)N1CCCCC1. The van der Waals surface area contributed by atoms with Gasteiger partial charge in [0.05, 0.1) is 10.3 Å². The fourth-order valence-electron chi connectivity index (χ4n) is 2.22. The highest BCUT2D eigenvalue weighted by Crippen LogP contribution is 2.32. The Morgan fingerprint density at radius 1 is 1.37 bits per heavy atom. The summed E-state index contributed by atoms with van der Waals surface area (Å²) in [6, 6.07) is 5.41. The van der Waals surface area contributed by atoms with E-state index in [0.717, 1.165) is 30.8 Å². The third-order valence-electron chi connectivity index (χ3n) is 3.28. The predicted octanol–water partition coefficient (Wildman–Crippen LogP) is 3.42. The summed E-state index contributed by atoms with van der Waals surface area (Å²) in [4.78, 5) is 15.2. The molecule has 0 spiro atoms. The highest BCUT2D eigenvalue weighted by molar-refractivity contribution is 8.00. The van der Waals surface area contributed by atoms with E-state index in [4.69, 9.17) is 17.3 Å². The summed E-state index contributed by atoms with van der Waals surface area (Å²) in [5, 5.41) is 0.502. The van der Waals surface area contributed by atoms with Crippen LogP contribution in [-0.2, 0) is 4.79 Å². The van der Waals surface area contributed by atoms with Crippen LogP contribution in [0.4, 0.5) is 5.69 Å². The van der Waals surface area contributed by atoms with Crippen molar-refractivity contribution in [3.63, 3.8) is 0 Å². The van der Waals surface area contributed by atoms with Gasteiger partial charge in [0.15, 0.2) is 0 Å². The topological polar surface area (TPSA) is 46.3 Å². The Kier molecular flexibility index (Phi) is 4.99. The van der Waals surface area contributed by atoms with Crippen LogP contribution in [-0.4, -0.2) is 29.1 Å². The van der Waals surface area contributed by atoms with Crippen LogP contribution in [0.25, 0.3) is 0 Å². The lowest BCUT2D eigenvalue weighted by atomic mass is 10.1. The van der Waals surface area contributed by atoms with Crippen molar-refractivity contribution in [2.75, 3.05) is 18.8 Å². The Labute approximate surface area is 123 Å². The number of benzene rings is 1. The number of nitrogens with zero attached hydrogens (tertiary/aromatic N) is 1. The molecule has 1 aromatic rings. The maximum absolute atomic E-state index is 12.3. The van der Waals surface area contributed by atoms with Crippen molar-refractivity contribution in [1.82, 2.24) is 4.90 Å². The molecule has 1 fully saturated rings. The van der Waals surface area contributed by atoms with Crippen LogP contribution < -0.4 is 5.73 Å². The zero-order valence-corrected chi connectivity index (χ0v) is 12.6. The number of halogens is 1. The van der Waals surface area contributed by atoms with Gasteiger partial charge in [0.1, 0.15) is 0 Å². The van der Waals surface area contributed by atoms with Gasteiger partial charge in [0.2, 0.25) is 5.91 Å². The van der Waals surface area contributed by atoms with Crippen molar-refractivity contribution < 1.29 is 4.79 Å². The molecule has 1 atom stereocenters. The number of amides is 1. The molecule has 1 aliphatic rings. The molecule has 0 radical (unpaired) electrons. The Morgan fingerprint density at radius 2 is 2.05 bits per heavy atom. The van der Waals surface area contributed by atoms with E-state index in [9.17, 15) is 4.79 Å². The van der Waals surface area contributed by atoms with E-state index in [1.54, 1.807) is 6.07 Å². The average Bonchev–Trinajstić information content (AvgIpc) is 2.42. The Bertz CT molecular complexity index is 461. The summed E-state index contributed by atoms with van der Waals surface area (Å²) >= 11 is 7.64. The second kappa shape index (κ2) is 6.53. The third kappa shape index (κ3) is 3.80. The number of carbonyl (C=O) groups excluding carboxylic acids is 1. The minimum absolute atomic E-state index is 0.112. The van der Waals surface area contributed by atoms with Crippen molar-refractivity contribution in [3.8, 4) is 0 Å². The van der Waals surface area contributed by atoms with Crippen LogP contribution in [0.2, 0.25) is 5.02 Å². The van der Waals surface area contributed by atoms with Crippen LogP contribution in [0.3, 0.4) is 0 Å². The van der Waals surface area contributed by atoms with Crippen LogP contribution in [0.15, 0.2) is 23.1 Å². The summed E-state index contributed by atoms with van der Waals surface area (Å²) in [6.07, 6.45) is 3.46. The summed E-state index contributed by atoms with van der Waals surface area (Å²) in [5.41, 5.74) is 6.31. The Balaban J connectivity index is 1.99. The van der Waals surface area contributed by atoms with Gasteiger partial charge in [-0.1, -0.05) is 11.6 Å². The Hall–Kier alpha value is -0.870. The predicted molar refractivity (Wildman–Crippen MR) is 81.6 cm³/mol. The molecule has 5 heteroatoms. The maximum Gasteiger partial charge on any atom is 0.235 e. The molecule has 0 bridgehead atoms. The number of hydrogen-bond acceptors (Lipinski definition) is 3. The number of piperidine rings is 1. The van der Waals surface area contributed by atoms with E-state index in [1.165, 1.54) is 18.2 Å². The lowest BCUT2D eigenvalue weighted by Gasteiger charge is -2.29. The number of likely N-dealkylation sites (tertiary alicyclic amines) is 1. The highest BCUT2D eigenvalue weighted by atomic mass is 35.5. The van der Waals surface area contributed by atoms with E-state index in [1.807, 2.05) is 24.0 Å². The largest absolute Gasteiger partial charge is 0.399 e. The van der Waals surface area contributed by atoms with Crippen LogP contribution in [0.5, 0.6) is 0 Å². The molecule has 2 N–H and O–H groups in total. The van der Waals surface area contributed by atoms with Gasteiger partial charge >= 0.3 is 0 Å². The minimum atomic E-state index is -0.112. The molecular weight excluding hydrogens is 280 g/mol. The molecule has 1 heterocycles. The number of anilines is 1. The number of carbonyl (C=O) groups is 1. The molecule has 2 rings (SSSR count). The maximum atomic E-state index is 12.3. The molecule has 1 aromatic carbocycles. The molecule has 0 aromatic heterocycles. The lowest BCUT2D eigenvalue weighted by molar-refractivity contribution is -0.131. The molecule has 1 saturated heterocycles. The second-order valence-corrected chi connectivity index (χ2v) is 6.63. The first-order valence-corrected chi connectivity index (χ1v) is 7.84. The smallest absolute Gasteiger partial charge is 0.235 e. The zero-order chi connectivity index (χ0) is 13.8. The van der Waals surface area contributed by atoms with Crippen LogP contribution >= 0.6 is 23.4 Å². The van der Waals surface area contributed by atoms with Crippen LogP contribution in [0.1, 0.15) is 26.2 Å². The first kappa shape index (κ1) is 14.5. The van der Waals surface area contributed by atoms with Gasteiger partial charge in [0.25, 0.3) is 0 Å². The zero-order valence-electron chi connectivity index (χ0n) is 11.1. The van der Waals surface area contributed by atoms with Crippen molar-refractivity contribution in [2.45, 2.75) is 36.3 Å². The van der Waals surface area contributed by atoms with Crippen molar-refractivity contribution >= 4 is 35.0 Å². The van der Waals surface area contributed by atoms with Gasteiger partial charge in [-0.25, -0.2) is 0 Å². The Morgan fingerprint density at radius 3 is 2.68 bits per heavy atom. The van der Waals surface area contributed by atoms with E-state index in [2.05, 4.69) is 0 Å². The van der Waals surface area contributed by atoms with Crippen molar-refractivity contribution in [3.05, 3.63) is 23.2 Å². The average molecular weight is 299 g/mol. The monoisotopic (exact) mass is 298 g/mol. The number of nitrogen functional groups attached to an aromatic ring is 1. The molecule has 19 heavy (non-hydrogen) atoms. The minimum Gasteiger partial charge on any atom is -0.399 e. The van der Waals surface area contributed by atoms with Crippen LogP contribution in [0, 0.1) is 0 Å². The summed E-state index contributed by atoms with van der Waals surface area (Å²) in [6.45, 7) is 3.71. The molecule has 104 valence electrons. The molecule has 1 amide bonds. The molecule has 1 unspecified atom stereocenters. The van der Waals surface area contributed by atoms with Gasteiger partial charge in [-0.2, -0.15) is 0 Å². The first-order chi connectivity index (χ1) is 9.08. The van der Waals surface area contributed by atoms with E-state index >= 15 is 0 Å². The third-order valence-corrected chi connectivity index (χ3v) is 4.87. The quantitative estimate of drug-likeness (QED) is 0.687. The van der Waals surface area contributed by atoms with E-state index in [0.29, 0.717) is 10.7 Å². The number of nitrogens with two attached hydrogens (primary N) is 1.